The van der Waals surface area contributed by atoms with E-state index >= 15 is 0 Å². The van der Waals surface area contributed by atoms with Crippen LogP contribution in [0.15, 0.2) is 97.6 Å². The van der Waals surface area contributed by atoms with Gasteiger partial charge in [-0.3, -0.25) is 9.59 Å². The maximum atomic E-state index is 14.2. The van der Waals surface area contributed by atoms with Crippen molar-refractivity contribution in [3.05, 3.63) is 137 Å². The molecule has 1 heterocycles. The molecule has 0 aromatic heterocycles. The second-order valence-corrected chi connectivity index (χ2v) is 9.45. The van der Waals surface area contributed by atoms with Crippen LogP contribution in [-0.4, -0.2) is 17.1 Å². The van der Waals surface area contributed by atoms with Gasteiger partial charge in [0.25, 0.3) is 5.91 Å². The summed E-state index contributed by atoms with van der Waals surface area (Å²) in [6.45, 7) is 7.50. The summed E-state index contributed by atoms with van der Waals surface area (Å²) in [6.07, 6.45) is 0.826. The van der Waals surface area contributed by atoms with Crippen LogP contribution in [0.1, 0.15) is 55.5 Å². The van der Waals surface area contributed by atoms with Crippen molar-refractivity contribution in [3.63, 3.8) is 0 Å². The predicted molar refractivity (Wildman–Crippen MR) is 148 cm³/mol. The van der Waals surface area contributed by atoms with Crippen LogP contribution >= 0.6 is 0 Å². The number of carbonyl (C=O) groups is 2. The van der Waals surface area contributed by atoms with Gasteiger partial charge in [-0.1, -0.05) is 79.4 Å². The van der Waals surface area contributed by atoms with Gasteiger partial charge in [0, 0.05) is 24.2 Å². The van der Waals surface area contributed by atoms with Gasteiger partial charge < -0.3 is 14.4 Å². The topological polar surface area (TPSA) is 55.8 Å². The summed E-state index contributed by atoms with van der Waals surface area (Å²) in [6, 6.07) is 28.9. The van der Waals surface area contributed by atoms with E-state index in [1.807, 2.05) is 91.9 Å². The Bertz CT molecular complexity index is 1480. The fraction of sp³-hybridized carbons (Fsp3) is 0.152. The third-order valence-corrected chi connectivity index (χ3v) is 6.63. The zero-order chi connectivity index (χ0) is 26.5. The molecule has 0 unspecified atom stereocenters. The van der Waals surface area contributed by atoms with E-state index in [-0.39, 0.29) is 5.91 Å². The molecule has 0 fully saturated rings. The summed E-state index contributed by atoms with van der Waals surface area (Å²) in [5.41, 5.74) is 6.51. The molecule has 4 aromatic rings. The lowest BCUT2D eigenvalue weighted by Crippen LogP contribution is -2.27. The van der Waals surface area contributed by atoms with Gasteiger partial charge in [0.1, 0.15) is 36.6 Å². The number of aldehydes is 1. The second kappa shape index (κ2) is 11.2. The number of nitrogens with zero attached hydrogens (tertiary/aromatic N) is 1. The first-order valence-electron chi connectivity index (χ1n) is 12.6. The van der Waals surface area contributed by atoms with Crippen LogP contribution in [0.4, 0.5) is 0 Å². The lowest BCUT2D eigenvalue weighted by Gasteiger charge is -2.23. The van der Waals surface area contributed by atoms with Crippen molar-refractivity contribution >= 4 is 17.8 Å². The number of allylic oxidation sites excluding steroid dienone is 1. The minimum absolute atomic E-state index is 0.192. The molecule has 1 amide bonds. The molecule has 0 atom stereocenters. The number of amides is 1. The molecule has 5 heteroatoms. The molecular weight excluding hydrogens is 474 g/mol. The first-order valence-corrected chi connectivity index (χ1v) is 12.6. The highest BCUT2D eigenvalue weighted by Crippen LogP contribution is 2.39. The Morgan fingerprint density at radius 1 is 0.842 bits per heavy atom. The molecule has 4 aromatic carbocycles. The molecule has 0 N–H and O–H groups in total. The number of benzene rings is 4. The summed E-state index contributed by atoms with van der Waals surface area (Å²) in [4.78, 5) is 27.2. The molecule has 0 bridgehead atoms. The monoisotopic (exact) mass is 503 g/mol. The molecule has 38 heavy (non-hydrogen) atoms. The molecule has 0 aliphatic carbocycles. The van der Waals surface area contributed by atoms with Gasteiger partial charge in [0.15, 0.2) is 0 Å². The zero-order valence-corrected chi connectivity index (χ0v) is 21.4. The SMILES string of the molecule is C=C(C)c1ccc(OCc2ccccc2)c(C(=O)N2Cc3ccc(C=O)cc3C2)c1OCc1ccccc1. The summed E-state index contributed by atoms with van der Waals surface area (Å²) in [5.74, 6) is 0.723. The van der Waals surface area contributed by atoms with Crippen molar-refractivity contribution in [2.75, 3.05) is 0 Å². The first-order chi connectivity index (χ1) is 18.5. The van der Waals surface area contributed by atoms with Crippen LogP contribution in [0.2, 0.25) is 0 Å². The Kier molecular flexibility index (Phi) is 7.36. The Morgan fingerprint density at radius 2 is 1.47 bits per heavy atom. The molecule has 1 aliphatic heterocycles. The number of hydrogen-bond donors (Lipinski definition) is 0. The van der Waals surface area contributed by atoms with Crippen molar-refractivity contribution < 1.29 is 19.1 Å². The number of ether oxygens (including phenoxy) is 2. The fourth-order valence-electron chi connectivity index (χ4n) is 4.63. The summed E-state index contributed by atoms with van der Waals surface area (Å²) in [7, 11) is 0. The van der Waals surface area contributed by atoms with E-state index in [0.29, 0.717) is 48.9 Å². The first kappa shape index (κ1) is 25.0. The van der Waals surface area contributed by atoms with Crippen molar-refractivity contribution in [1.82, 2.24) is 4.90 Å². The number of rotatable bonds is 9. The zero-order valence-electron chi connectivity index (χ0n) is 21.4. The third-order valence-electron chi connectivity index (χ3n) is 6.63. The van der Waals surface area contributed by atoms with Gasteiger partial charge in [0.2, 0.25) is 0 Å². The smallest absolute Gasteiger partial charge is 0.262 e. The fourth-order valence-corrected chi connectivity index (χ4v) is 4.63. The van der Waals surface area contributed by atoms with E-state index in [1.54, 1.807) is 11.0 Å². The molecule has 0 saturated carbocycles. The standard InChI is InChI=1S/C33H29NO4/c1-23(2)29-15-16-30(37-21-24-9-5-3-6-10-24)31(32(29)38-22-25-11-7-4-8-12-25)33(36)34-18-27-14-13-26(20-35)17-28(27)19-34/h3-17,20H,1,18-19,21-22H2,2H3. The van der Waals surface area contributed by atoms with Gasteiger partial charge in [0.05, 0.1) is 0 Å². The molecule has 5 nitrogen and oxygen atoms in total. The van der Waals surface area contributed by atoms with Crippen LogP contribution in [0.5, 0.6) is 11.5 Å². The van der Waals surface area contributed by atoms with Crippen molar-refractivity contribution in [2.45, 2.75) is 33.2 Å². The number of carbonyl (C=O) groups excluding carboxylic acids is 2. The lowest BCUT2D eigenvalue weighted by molar-refractivity contribution is 0.0741. The number of hydrogen-bond acceptors (Lipinski definition) is 4. The maximum absolute atomic E-state index is 14.2. The molecule has 1 aliphatic rings. The van der Waals surface area contributed by atoms with Gasteiger partial charge in [-0.15, -0.1) is 0 Å². The van der Waals surface area contributed by atoms with E-state index in [1.165, 1.54) is 0 Å². The third kappa shape index (κ3) is 5.37. The summed E-state index contributed by atoms with van der Waals surface area (Å²) < 4.78 is 12.6. The molecule has 0 radical (unpaired) electrons. The highest BCUT2D eigenvalue weighted by molar-refractivity contribution is 6.01. The minimum atomic E-state index is -0.192. The van der Waals surface area contributed by atoms with Gasteiger partial charge >= 0.3 is 0 Å². The van der Waals surface area contributed by atoms with Crippen LogP contribution in [0, 0.1) is 0 Å². The lowest BCUT2D eigenvalue weighted by atomic mass is 10.0. The van der Waals surface area contributed by atoms with Crippen LogP contribution in [0.3, 0.4) is 0 Å². The normalized spacial score (nSPS) is 12.1. The van der Waals surface area contributed by atoms with Gasteiger partial charge in [-0.05, 0) is 52.9 Å². The maximum Gasteiger partial charge on any atom is 0.262 e. The second-order valence-electron chi connectivity index (χ2n) is 9.45. The largest absolute Gasteiger partial charge is 0.488 e. The van der Waals surface area contributed by atoms with Crippen molar-refractivity contribution in [3.8, 4) is 11.5 Å². The van der Waals surface area contributed by atoms with E-state index in [4.69, 9.17) is 9.47 Å². The summed E-state index contributed by atoms with van der Waals surface area (Å²) >= 11 is 0. The molecule has 5 rings (SSSR count). The predicted octanol–water partition coefficient (Wildman–Crippen LogP) is 6.85. The van der Waals surface area contributed by atoms with Crippen LogP contribution in [-0.2, 0) is 26.3 Å². The Labute approximate surface area is 223 Å². The Hall–Kier alpha value is -4.64. The van der Waals surface area contributed by atoms with Gasteiger partial charge in [-0.2, -0.15) is 0 Å². The van der Waals surface area contributed by atoms with E-state index < -0.39 is 0 Å². The van der Waals surface area contributed by atoms with E-state index in [0.717, 1.165) is 39.7 Å². The molecule has 0 spiro atoms. The van der Waals surface area contributed by atoms with Crippen molar-refractivity contribution in [2.24, 2.45) is 0 Å². The Balaban J connectivity index is 1.53. The van der Waals surface area contributed by atoms with E-state index in [2.05, 4.69) is 6.58 Å². The van der Waals surface area contributed by atoms with Crippen molar-refractivity contribution in [1.29, 1.82) is 0 Å². The minimum Gasteiger partial charge on any atom is -0.488 e. The number of fused-ring (bicyclic) bond motifs is 1. The quantitative estimate of drug-likeness (QED) is 0.235. The van der Waals surface area contributed by atoms with E-state index in [9.17, 15) is 9.59 Å². The average molecular weight is 504 g/mol. The van der Waals surface area contributed by atoms with Crippen LogP contribution < -0.4 is 9.47 Å². The highest BCUT2D eigenvalue weighted by Gasteiger charge is 2.31. The average Bonchev–Trinajstić information content (AvgIpc) is 3.39. The summed E-state index contributed by atoms with van der Waals surface area (Å²) in [5, 5.41) is 0. The molecule has 190 valence electrons. The molecular formula is C33H29NO4. The Morgan fingerprint density at radius 3 is 2.11 bits per heavy atom. The van der Waals surface area contributed by atoms with Crippen LogP contribution in [0.25, 0.3) is 5.57 Å². The van der Waals surface area contributed by atoms with Gasteiger partial charge in [-0.25, -0.2) is 0 Å². The highest BCUT2D eigenvalue weighted by atomic mass is 16.5. The molecule has 0 saturated heterocycles.